The summed E-state index contributed by atoms with van der Waals surface area (Å²) in [5, 5.41) is 7.29. The highest BCUT2D eigenvalue weighted by Gasteiger charge is 2.29. The summed E-state index contributed by atoms with van der Waals surface area (Å²) < 4.78 is 1.82. The number of rotatable bonds is 6. The molecule has 122 valence electrons. The zero-order valence-electron chi connectivity index (χ0n) is 13.6. The standard InChI is InChI=1S/C18H24N4O/c1-2-11-21-12-3-5-17(21)18(23)19-14-15-6-8-16(9-7-15)22-13-4-10-20-22/h4,6-10,13,17H,2-3,5,11-12,14H2,1H3,(H,19,23)/t17-/m1/s1. The van der Waals surface area contributed by atoms with Gasteiger partial charge in [-0.25, -0.2) is 4.68 Å². The van der Waals surface area contributed by atoms with Crippen molar-refractivity contribution in [3.05, 3.63) is 48.3 Å². The second-order valence-electron chi connectivity index (χ2n) is 6.03. The van der Waals surface area contributed by atoms with Crippen LogP contribution in [0.2, 0.25) is 0 Å². The minimum absolute atomic E-state index is 0.0540. The molecule has 1 N–H and O–H groups in total. The van der Waals surface area contributed by atoms with Crippen LogP contribution < -0.4 is 5.32 Å². The van der Waals surface area contributed by atoms with Gasteiger partial charge in [-0.3, -0.25) is 9.69 Å². The molecule has 1 aromatic carbocycles. The Hall–Kier alpha value is -2.14. The Bertz CT molecular complexity index is 621. The summed E-state index contributed by atoms with van der Waals surface area (Å²) in [5.74, 6) is 0.159. The van der Waals surface area contributed by atoms with Gasteiger partial charge in [0, 0.05) is 18.9 Å². The van der Waals surface area contributed by atoms with Gasteiger partial charge in [-0.05, 0) is 56.1 Å². The van der Waals surface area contributed by atoms with E-state index in [9.17, 15) is 4.79 Å². The van der Waals surface area contributed by atoms with Crippen molar-refractivity contribution >= 4 is 5.91 Å². The average molecular weight is 312 g/mol. The van der Waals surface area contributed by atoms with Gasteiger partial charge in [0.2, 0.25) is 5.91 Å². The molecule has 23 heavy (non-hydrogen) atoms. The third-order valence-corrected chi connectivity index (χ3v) is 4.35. The van der Waals surface area contributed by atoms with Gasteiger partial charge in [-0.1, -0.05) is 19.1 Å². The molecule has 1 aliphatic heterocycles. The first kappa shape index (κ1) is 15.7. The first-order valence-corrected chi connectivity index (χ1v) is 8.38. The third kappa shape index (κ3) is 3.79. The highest BCUT2D eigenvalue weighted by atomic mass is 16.2. The average Bonchev–Trinajstić information content (AvgIpc) is 3.25. The molecule has 5 heteroatoms. The van der Waals surface area contributed by atoms with E-state index >= 15 is 0 Å². The molecule has 3 rings (SSSR count). The van der Waals surface area contributed by atoms with Crippen LogP contribution in [0.1, 0.15) is 31.7 Å². The van der Waals surface area contributed by atoms with Gasteiger partial charge in [-0.2, -0.15) is 5.10 Å². The SMILES string of the molecule is CCCN1CCC[C@@H]1C(=O)NCc1ccc(-n2cccn2)cc1. The number of hydrogen-bond donors (Lipinski definition) is 1. The van der Waals surface area contributed by atoms with Crippen molar-refractivity contribution in [3.63, 3.8) is 0 Å². The summed E-state index contributed by atoms with van der Waals surface area (Å²) in [4.78, 5) is 14.7. The molecular weight excluding hydrogens is 288 g/mol. The van der Waals surface area contributed by atoms with Crippen LogP contribution in [0.4, 0.5) is 0 Å². The van der Waals surface area contributed by atoms with Crippen LogP contribution >= 0.6 is 0 Å². The maximum absolute atomic E-state index is 12.4. The van der Waals surface area contributed by atoms with E-state index in [1.54, 1.807) is 6.20 Å². The van der Waals surface area contributed by atoms with Crippen LogP contribution in [0.15, 0.2) is 42.7 Å². The fourth-order valence-corrected chi connectivity index (χ4v) is 3.17. The molecule has 2 heterocycles. The maximum Gasteiger partial charge on any atom is 0.237 e. The summed E-state index contributed by atoms with van der Waals surface area (Å²) in [6.45, 7) is 4.80. The van der Waals surface area contributed by atoms with Crippen LogP contribution in [0.5, 0.6) is 0 Å². The van der Waals surface area contributed by atoms with Crippen LogP contribution in [-0.2, 0) is 11.3 Å². The lowest BCUT2D eigenvalue weighted by Gasteiger charge is -2.23. The monoisotopic (exact) mass is 312 g/mol. The molecular formula is C18H24N4O. The summed E-state index contributed by atoms with van der Waals surface area (Å²) >= 11 is 0. The van der Waals surface area contributed by atoms with E-state index in [4.69, 9.17) is 0 Å². The Balaban J connectivity index is 1.54. The van der Waals surface area contributed by atoms with E-state index in [1.165, 1.54) is 0 Å². The zero-order chi connectivity index (χ0) is 16.1. The fourth-order valence-electron chi connectivity index (χ4n) is 3.17. The summed E-state index contributed by atoms with van der Waals surface area (Å²) in [5.41, 5.74) is 2.13. The molecule has 1 aliphatic rings. The molecule has 1 amide bonds. The van der Waals surface area contributed by atoms with Crippen molar-refractivity contribution in [3.8, 4) is 5.69 Å². The summed E-state index contributed by atoms with van der Waals surface area (Å²) in [6.07, 6.45) is 6.87. The van der Waals surface area contributed by atoms with Gasteiger partial charge in [0.25, 0.3) is 0 Å². The largest absolute Gasteiger partial charge is 0.351 e. The normalized spacial score (nSPS) is 18.2. The fraction of sp³-hybridized carbons (Fsp3) is 0.444. The first-order valence-electron chi connectivity index (χ1n) is 8.38. The van der Waals surface area contributed by atoms with Gasteiger partial charge in [0.1, 0.15) is 0 Å². The Labute approximate surface area is 137 Å². The topological polar surface area (TPSA) is 50.2 Å². The number of hydrogen-bond acceptors (Lipinski definition) is 3. The van der Waals surface area contributed by atoms with E-state index in [-0.39, 0.29) is 11.9 Å². The Morgan fingerprint density at radius 3 is 2.87 bits per heavy atom. The second-order valence-corrected chi connectivity index (χ2v) is 6.03. The predicted molar refractivity (Wildman–Crippen MR) is 90.3 cm³/mol. The predicted octanol–water partition coefficient (Wildman–Crippen LogP) is 2.36. The minimum Gasteiger partial charge on any atom is -0.351 e. The molecule has 0 radical (unpaired) electrons. The zero-order valence-corrected chi connectivity index (χ0v) is 13.6. The molecule has 0 saturated carbocycles. The number of amides is 1. The highest BCUT2D eigenvalue weighted by Crippen LogP contribution is 2.17. The third-order valence-electron chi connectivity index (χ3n) is 4.35. The second kappa shape index (κ2) is 7.42. The van der Waals surface area contributed by atoms with Crippen molar-refractivity contribution in [2.75, 3.05) is 13.1 Å². The van der Waals surface area contributed by atoms with Crippen molar-refractivity contribution in [1.82, 2.24) is 20.0 Å². The molecule has 0 bridgehead atoms. The smallest absolute Gasteiger partial charge is 0.237 e. The lowest BCUT2D eigenvalue weighted by atomic mass is 10.1. The quantitative estimate of drug-likeness (QED) is 0.891. The Morgan fingerprint density at radius 1 is 1.35 bits per heavy atom. The number of carbonyl (C=O) groups is 1. The van der Waals surface area contributed by atoms with Gasteiger partial charge < -0.3 is 5.32 Å². The van der Waals surface area contributed by atoms with Crippen LogP contribution in [0, 0.1) is 0 Å². The van der Waals surface area contributed by atoms with E-state index in [2.05, 4.69) is 22.2 Å². The molecule has 1 saturated heterocycles. The number of likely N-dealkylation sites (tertiary alicyclic amines) is 1. The molecule has 0 unspecified atom stereocenters. The highest BCUT2D eigenvalue weighted by molar-refractivity contribution is 5.82. The van der Waals surface area contributed by atoms with Crippen molar-refractivity contribution in [2.45, 2.75) is 38.8 Å². The van der Waals surface area contributed by atoms with Crippen molar-refractivity contribution in [2.24, 2.45) is 0 Å². The lowest BCUT2D eigenvalue weighted by molar-refractivity contribution is -0.125. The van der Waals surface area contributed by atoms with E-state index < -0.39 is 0 Å². The van der Waals surface area contributed by atoms with Gasteiger partial charge >= 0.3 is 0 Å². The molecule has 1 atom stereocenters. The van der Waals surface area contributed by atoms with Crippen LogP contribution in [0.3, 0.4) is 0 Å². The first-order chi connectivity index (χ1) is 11.3. The molecule has 0 spiro atoms. The van der Waals surface area contributed by atoms with Gasteiger partial charge in [-0.15, -0.1) is 0 Å². The van der Waals surface area contributed by atoms with Crippen LogP contribution in [0.25, 0.3) is 5.69 Å². The lowest BCUT2D eigenvalue weighted by Crippen LogP contribution is -2.43. The number of benzene rings is 1. The maximum atomic E-state index is 12.4. The summed E-state index contributed by atoms with van der Waals surface area (Å²) in [6, 6.07) is 10.1. The summed E-state index contributed by atoms with van der Waals surface area (Å²) in [7, 11) is 0. The van der Waals surface area contributed by atoms with Crippen LogP contribution in [-0.4, -0.2) is 39.7 Å². The van der Waals surface area contributed by atoms with Gasteiger partial charge in [0.05, 0.1) is 11.7 Å². The van der Waals surface area contributed by atoms with E-state index in [0.717, 1.165) is 43.6 Å². The minimum atomic E-state index is 0.0540. The van der Waals surface area contributed by atoms with E-state index in [1.807, 2.05) is 41.2 Å². The van der Waals surface area contributed by atoms with Crippen molar-refractivity contribution < 1.29 is 4.79 Å². The van der Waals surface area contributed by atoms with E-state index in [0.29, 0.717) is 6.54 Å². The molecule has 2 aromatic rings. The number of nitrogens with one attached hydrogen (secondary N) is 1. The van der Waals surface area contributed by atoms with Crippen molar-refractivity contribution in [1.29, 1.82) is 0 Å². The molecule has 5 nitrogen and oxygen atoms in total. The Morgan fingerprint density at radius 2 is 2.17 bits per heavy atom. The Kier molecular flexibility index (Phi) is 5.08. The molecule has 0 aliphatic carbocycles. The number of aromatic nitrogens is 2. The molecule has 1 fully saturated rings. The number of carbonyl (C=O) groups excluding carboxylic acids is 1. The number of nitrogens with zero attached hydrogens (tertiary/aromatic N) is 3. The molecule has 1 aromatic heterocycles. The van der Waals surface area contributed by atoms with Gasteiger partial charge in [0.15, 0.2) is 0 Å².